The summed E-state index contributed by atoms with van der Waals surface area (Å²) in [5, 5.41) is 7.39. The summed E-state index contributed by atoms with van der Waals surface area (Å²) in [6.07, 6.45) is 3.37. The number of amides is 2. The van der Waals surface area contributed by atoms with E-state index >= 15 is 0 Å². The predicted molar refractivity (Wildman–Crippen MR) is 128 cm³/mol. The molecule has 0 spiro atoms. The Hall–Kier alpha value is -4.64. The summed E-state index contributed by atoms with van der Waals surface area (Å²) in [6, 6.07) is 15.8. The molecule has 3 aromatic carbocycles. The topological polar surface area (TPSA) is 89.6 Å². The second-order valence-electron chi connectivity index (χ2n) is 8.17. The highest BCUT2D eigenvalue weighted by molar-refractivity contribution is 6.05. The van der Waals surface area contributed by atoms with Gasteiger partial charge < -0.3 is 19.9 Å². The Kier molecular flexibility index (Phi) is 5.44. The van der Waals surface area contributed by atoms with Crippen LogP contribution in [0, 0.1) is 6.57 Å². The fourth-order valence-corrected chi connectivity index (χ4v) is 3.98. The molecule has 2 N–H and O–H groups in total. The van der Waals surface area contributed by atoms with Gasteiger partial charge in [-0.25, -0.2) is 9.83 Å². The summed E-state index contributed by atoms with van der Waals surface area (Å²) in [5.41, 5.74) is 2.61. The summed E-state index contributed by atoms with van der Waals surface area (Å²) in [5.74, 6) is 0.379. The van der Waals surface area contributed by atoms with Crippen LogP contribution in [0.3, 0.4) is 0 Å². The van der Waals surface area contributed by atoms with Crippen molar-refractivity contribution in [2.75, 3.05) is 5.32 Å². The number of rotatable bonds is 0. The van der Waals surface area contributed by atoms with Crippen LogP contribution in [0.1, 0.15) is 18.2 Å². The van der Waals surface area contributed by atoms with Crippen LogP contribution in [0.5, 0.6) is 11.5 Å². The molecule has 0 radical (unpaired) electrons. The monoisotopic (exact) mass is 451 g/mol. The maximum absolute atomic E-state index is 12.8. The number of fused-ring (bicyclic) bond motifs is 4. The van der Waals surface area contributed by atoms with E-state index < -0.39 is 6.04 Å². The Labute approximate surface area is 196 Å². The second-order valence-corrected chi connectivity index (χ2v) is 8.17. The Morgan fingerprint density at radius 3 is 2.88 bits per heavy atom. The van der Waals surface area contributed by atoms with Crippen molar-refractivity contribution in [1.82, 2.24) is 14.9 Å². The molecule has 5 rings (SSSR count). The van der Waals surface area contributed by atoms with Crippen LogP contribution >= 0.6 is 0 Å². The van der Waals surface area contributed by atoms with Gasteiger partial charge in [-0.05, 0) is 42.1 Å². The van der Waals surface area contributed by atoms with E-state index in [1.165, 1.54) is 0 Å². The predicted octanol–water partition coefficient (Wildman–Crippen LogP) is 4.43. The normalized spacial score (nSPS) is 16.1. The van der Waals surface area contributed by atoms with Crippen LogP contribution < -0.4 is 15.4 Å². The smallest absolute Gasteiger partial charge is 0.246 e. The Morgan fingerprint density at radius 1 is 1.15 bits per heavy atom. The van der Waals surface area contributed by atoms with Crippen LogP contribution in [0.25, 0.3) is 15.6 Å². The molecule has 1 aliphatic rings. The number of hydrogen-bond acceptors (Lipinski definition) is 4. The fraction of sp³-hybridized carbons (Fsp3) is 0.154. The van der Waals surface area contributed by atoms with Crippen LogP contribution in [0.2, 0.25) is 0 Å². The lowest BCUT2D eigenvalue weighted by Gasteiger charge is -2.16. The van der Waals surface area contributed by atoms with E-state index in [1.807, 2.05) is 47.0 Å². The number of imidazole rings is 1. The van der Waals surface area contributed by atoms with Crippen LogP contribution in [0.15, 0.2) is 67.1 Å². The van der Waals surface area contributed by atoms with E-state index in [4.69, 9.17) is 11.3 Å². The highest BCUT2D eigenvalue weighted by Crippen LogP contribution is 2.35. The van der Waals surface area contributed by atoms with E-state index in [1.54, 1.807) is 31.6 Å². The maximum Gasteiger partial charge on any atom is 0.246 e. The number of anilines is 1. The summed E-state index contributed by atoms with van der Waals surface area (Å²) in [4.78, 5) is 33.3. The van der Waals surface area contributed by atoms with Crippen LogP contribution in [-0.2, 0) is 22.6 Å². The molecule has 0 fully saturated rings. The molecule has 8 heteroatoms. The fourth-order valence-electron chi connectivity index (χ4n) is 3.98. The molecule has 1 atom stereocenters. The zero-order valence-corrected chi connectivity index (χ0v) is 18.4. The largest absolute Gasteiger partial charge is 0.468 e. The van der Waals surface area contributed by atoms with Gasteiger partial charge >= 0.3 is 0 Å². The lowest BCUT2D eigenvalue weighted by molar-refractivity contribution is -0.125. The van der Waals surface area contributed by atoms with Gasteiger partial charge in [-0.3, -0.25) is 9.59 Å². The van der Waals surface area contributed by atoms with E-state index in [9.17, 15) is 9.59 Å². The van der Waals surface area contributed by atoms with Gasteiger partial charge in [-0.15, -0.1) is 0 Å². The third-order valence-electron chi connectivity index (χ3n) is 5.75. The molecule has 4 aromatic rings. The van der Waals surface area contributed by atoms with E-state index in [0.29, 0.717) is 35.1 Å². The van der Waals surface area contributed by atoms with Crippen molar-refractivity contribution >= 4 is 34.0 Å². The van der Waals surface area contributed by atoms with Crippen molar-refractivity contribution in [2.45, 2.75) is 25.9 Å². The van der Waals surface area contributed by atoms with Gasteiger partial charge in [0.2, 0.25) is 17.5 Å². The van der Waals surface area contributed by atoms with Crippen molar-refractivity contribution in [2.24, 2.45) is 0 Å². The number of aromatic nitrogens is 2. The molecule has 1 aliphatic heterocycles. The highest BCUT2D eigenvalue weighted by Gasteiger charge is 2.19. The van der Waals surface area contributed by atoms with Gasteiger partial charge in [0.1, 0.15) is 17.5 Å². The Balaban J connectivity index is 1.62. The minimum absolute atomic E-state index is 0.0808. The van der Waals surface area contributed by atoms with Crippen molar-refractivity contribution in [1.29, 1.82) is 0 Å². The Bertz CT molecular complexity index is 1470. The Morgan fingerprint density at radius 2 is 2.03 bits per heavy atom. The lowest BCUT2D eigenvalue weighted by atomic mass is 10.1. The van der Waals surface area contributed by atoms with Crippen LogP contribution in [0.4, 0.5) is 11.4 Å². The number of carbonyl (C=O) groups is 2. The second kappa shape index (κ2) is 8.71. The third kappa shape index (κ3) is 4.19. The minimum Gasteiger partial charge on any atom is -0.468 e. The van der Waals surface area contributed by atoms with E-state index in [0.717, 1.165) is 16.3 Å². The summed E-state index contributed by atoms with van der Waals surface area (Å²) >= 11 is 0. The average Bonchev–Trinajstić information content (AvgIpc) is 3.25. The van der Waals surface area contributed by atoms with Gasteiger partial charge in [-0.2, -0.15) is 0 Å². The standard InChI is InChI=1S/C26H21N5O3/c1-16-26(33)30-22-5-3-4-18-7-8-20(12-21(18)22)34-24-10-17(6-9-23(24)27-2)14-31-15-28-13-19(31)11-25(32)29-16/h3-10,12-13,15-16H,11,14H2,1H3,(H,29,32)(H,30,33). The van der Waals surface area contributed by atoms with E-state index in [2.05, 4.69) is 20.5 Å². The highest BCUT2D eigenvalue weighted by atomic mass is 16.5. The number of nitrogens with zero attached hydrogens (tertiary/aromatic N) is 3. The zero-order valence-electron chi connectivity index (χ0n) is 18.4. The molecular weight excluding hydrogens is 430 g/mol. The van der Waals surface area contributed by atoms with Gasteiger partial charge in [0, 0.05) is 29.5 Å². The first-order valence-corrected chi connectivity index (χ1v) is 10.8. The first-order valence-electron chi connectivity index (χ1n) is 10.8. The first kappa shape index (κ1) is 21.2. The summed E-state index contributed by atoms with van der Waals surface area (Å²) in [6.45, 7) is 9.64. The molecule has 168 valence electrons. The SMILES string of the molecule is [C-]#[N+]c1ccc2cc1Oc1ccc3cccc(c3c1)NC(=O)C(C)NC(=O)Cc1cncn1C2. The number of ether oxygens (including phenoxy) is 1. The van der Waals surface area contributed by atoms with Gasteiger partial charge in [0.15, 0.2) is 0 Å². The van der Waals surface area contributed by atoms with Gasteiger partial charge in [0.25, 0.3) is 0 Å². The zero-order chi connectivity index (χ0) is 23.7. The van der Waals surface area contributed by atoms with Crippen LogP contribution in [-0.4, -0.2) is 27.4 Å². The molecule has 8 nitrogen and oxygen atoms in total. The first-order chi connectivity index (χ1) is 16.5. The average molecular weight is 451 g/mol. The molecule has 0 aliphatic carbocycles. The van der Waals surface area contributed by atoms with Gasteiger partial charge in [-0.1, -0.05) is 30.3 Å². The molecule has 4 bridgehead atoms. The van der Waals surface area contributed by atoms with Crippen molar-refractivity contribution < 1.29 is 14.3 Å². The molecule has 1 unspecified atom stereocenters. The number of hydrogen-bond donors (Lipinski definition) is 2. The number of carbonyl (C=O) groups excluding carboxylic acids is 2. The summed E-state index contributed by atoms with van der Waals surface area (Å²) < 4.78 is 8.01. The molecule has 2 heterocycles. The molecule has 0 saturated heterocycles. The molecule has 1 aromatic heterocycles. The summed E-state index contributed by atoms with van der Waals surface area (Å²) in [7, 11) is 0. The quantitative estimate of drug-likeness (QED) is 0.387. The lowest BCUT2D eigenvalue weighted by Crippen LogP contribution is -2.42. The van der Waals surface area contributed by atoms with E-state index in [-0.39, 0.29) is 18.2 Å². The molecule has 34 heavy (non-hydrogen) atoms. The van der Waals surface area contributed by atoms with Crippen molar-refractivity contribution in [3.63, 3.8) is 0 Å². The molecule has 2 amide bonds. The third-order valence-corrected chi connectivity index (χ3v) is 5.75. The number of nitrogens with one attached hydrogen (secondary N) is 2. The number of benzene rings is 3. The molecule has 0 saturated carbocycles. The molecular formula is C26H21N5O3. The van der Waals surface area contributed by atoms with Crippen molar-refractivity contribution in [3.05, 3.63) is 89.8 Å². The van der Waals surface area contributed by atoms with Crippen molar-refractivity contribution in [3.8, 4) is 11.5 Å². The van der Waals surface area contributed by atoms with Gasteiger partial charge in [0.05, 0.1) is 19.3 Å². The maximum atomic E-state index is 12.8. The minimum atomic E-state index is -0.731.